The van der Waals surface area contributed by atoms with Crippen LogP contribution in [-0.4, -0.2) is 40.6 Å². The molecule has 1 N–H and O–H groups in total. The average Bonchev–Trinajstić information content (AvgIpc) is 3.15. The number of nitrogens with one attached hydrogen (secondary N) is 1. The van der Waals surface area contributed by atoms with Gasteiger partial charge in [-0.05, 0) is 99.1 Å². The molecule has 1 aromatic rings. The van der Waals surface area contributed by atoms with Crippen molar-refractivity contribution in [2.45, 2.75) is 108 Å². The maximum atomic E-state index is 13.5. The molecule has 3 rings (SSSR count). The van der Waals surface area contributed by atoms with Crippen LogP contribution in [0.5, 0.6) is 0 Å². The molecule has 2 atom stereocenters. The third kappa shape index (κ3) is 13.9. The molecule has 0 fully saturated rings. The zero-order valence-corrected chi connectivity index (χ0v) is 36.6. The van der Waals surface area contributed by atoms with Gasteiger partial charge >= 0.3 is 5.97 Å². The van der Waals surface area contributed by atoms with Gasteiger partial charge in [-0.1, -0.05) is 149 Å². The Kier molecular flexibility index (Phi) is 17.3. The molecule has 58 heavy (non-hydrogen) atoms. The SMILES string of the molecule is CC1=C(/C=C/C(C)=C/C=C/C(C)=C/C=C/C=C(C)/C=C/C=C(C)/C=C/C2=C(C)C(=O)[C@@H](OC(=O)[C@@H](NC(=O)c3cccnc3)C(C)C)CC2(C)C)C(C)(C)C[CH]C1=O. The second-order valence-corrected chi connectivity index (χ2v) is 17.0. The second kappa shape index (κ2) is 21.4. The van der Waals surface area contributed by atoms with Gasteiger partial charge in [-0.15, -0.1) is 0 Å². The molecule has 0 saturated carbocycles. The molecule has 1 radical (unpaired) electrons. The number of allylic oxidation sites excluding steroid dienone is 21. The first-order valence-corrected chi connectivity index (χ1v) is 20.1. The Morgan fingerprint density at radius 3 is 1.81 bits per heavy atom. The first-order valence-electron chi connectivity index (χ1n) is 20.1. The molecule has 2 aliphatic carbocycles. The molecular formula is C51H63N2O5. The fourth-order valence-electron chi connectivity index (χ4n) is 6.80. The van der Waals surface area contributed by atoms with Crippen molar-refractivity contribution in [1.29, 1.82) is 0 Å². The van der Waals surface area contributed by atoms with Crippen molar-refractivity contribution in [3.63, 3.8) is 0 Å². The molecule has 7 nitrogen and oxygen atoms in total. The van der Waals surface area contributed by atoms with Crippen LogP contribution in [0.15, 0.2) is 154 Å². The van der Waals surface area contributed by atoms with Crippen LogP contribution < -0.4 is 5.32 Å². The van der Waals surface area contributed by atoms with E-state index in [1.54, 1.807) is 31.7 Å². The number of amides is 1. The number of pyridine rings is 1. The number of hydrogen-bond acceptors (Lipinski definition) is 6. The summed E-state index contributed by atoms with van der Waals surface area (Å²) in [6.07, 6.45) is 33.5. The van der Waals surface area contributed by atoms with Gasteiger partial charge in [-0.3, -0.25) is 19.4 Å². The van der Waals surface area contributed by atoms with E-state index in [1.165, 1.54) is 6.20 Å². The number of esters is 1. The number of rotatable bonds is 15. The summed E-state index contributed by atoms with van der Waals surface area (Å²) in [6.45, 7) is 23.9. The first-order chi connectivity index (χ1) is 27.2. The fourth-order valence-corrected chi connectivity index (χ4v) is 6.80. The van der Waals surface area contributed by atoms with Crippen molar-refractivity contribution in [2.24, 2.45) is 16.7 Å². The highest BCUT2D eigenvalue weighted by Gasteiger charge is 2.41. The van der Waals surface area contributed by atoms with Gasteiger partial charge < -0.3 is 10.1 Å². The number of hydrogen-bond donors (Lipinski definition) is 1. The molecule has 0 bridgehead atoms. The summed E-state index contributed by atoms with van der Waals surface area (Å²) < 4.78 is 5.80. The molecule has 0 spiro atoms. The predicted molar refractivity (Wildman–Crippen MR) is 237 cm³/mol. The second-order valence-electron chi connectivity index (χ2n) is 17.0. The Labute approximate surface area is 347 Å². The maximum Gasteiger partial charge on any atom is 0.329 e. The normalized spacial score (nSPS) is 20.5. The van der Waals surface area contributed by atoms with Crippen molar-refractivity contribution in [2.75, 3.05) is 0 Å². The Morgan fingerprint density at radius 1 is 0.776 bits per heavy atom. The van der Waals surface area contributed by atoms with Crippen LogP contribution in [0.4, 0.5) is 0 Å². The van der Waals surface area contributed by atoms with Gasteiger partial charge in [0.15, 0.2) is 17.7 Å². The zero-order valence-electron chi connectivity index (χ0n) is 36.6. The smallest absolute Gasteiger partial charge is 0.329 e. The summed E-state index contributed by atoms with van der Waals surface area (Å²) in [7, 11) is 0. The maximum absolute atomic E-state index is 13.5. The summed E-state index contributed by atoms with van der Waals surface area (Å²) in [5.41, 5.74) is 7.60. The van der Waals surface area contributed by atoms with Gasteiger partial charge in [-0.25, -0.2) is 4.79 Å². The first kappa shape index (κ1) is 46.9. The number of ketones is 2. The van der Waals surface area contributed by atoms with Crippen LogP contribution in [-0.2, 0) is 19.1 Å². The minimum absolute atomic E-state index is 0.0426. The Hall–Kier alpha value is -5.43. The molecule has 7 heteroatoms. The van der Waals surface area contributed by atoms with Gasteiger partial charge in [0, 0.05) is 25.2 Å². The van der Waals surface area contributed by atoms with E-state index in [1.807, 2.05) is 97.1 Å². The van der Waals surface area contributed by atoms with Crippen LogP contribution in [0.1, 0.15) is 106 Å². The number of carbonyl (C=O) groups is 4. The quantitative estimate of drug-likeness (QED) is 0.140. The lowest BCUT2D eigenvalue weighted by Crippen LogP contribution is -2.48. The highest BCUT2D eigenvalue weighted by molar-refractivity contribution is 6.04. The molecule has 0 unspecified atom stereocenters. The zero-order chi connectivity index (χ0) is 43.2. The highest BCUT2D eigenvalue weighted by atomic mass is 16.5. The summed E-state index contributed by atoms with van der Waals surface area (Å²) in [4.78, 5) is 55.7. The number of carbonyl (C=O) groups excluding carboxylic acids is 4. The molecule has 0 aromatic carbocycles. The van der Waals surface area contributed by atoms with Crippen LogP contribution in [0.25, 0.3) is 0 Å². The van der Waals surface area contributed by atoms with Crippen molar-refractivity contribution in [1.82, 2.24) is 10.3 Å². The summed E-state index contributed by atoms with van der Waals surface area (Å²) in [6, 6.07) is 2.36. The average molecular weight is 784 g/mol. The van der Waals surface area contributed by atoms with Crippen molar-refractivity contribution < 1.29 is 23.9 Å². The van der Waals surface area contributed by atoms with Gasteiger partial charge in [0.25, 0.3) is 5.91 Å². The van der Waals surface area contributed by atoms with Crippen molar-refractivity contribution >= 4 is 23.4 Å². The van der Waals surface area contributed by atoms with Crippen LogP contribution >= 0.6 is 0 Å². The molecule has 1 amide bonds. The third-order valence-corrected chi connectivity index (χ3v) is 10.5. The summed E-state index contributed by atoms with van der Waals surface area (Å²) in [5, 5.41) is 2.75. The molecule has 307 valence electrons. The summed E-state index contributed by atoms with van der Waals surface area (Å²) >= 11 is 0. The van der Waals surface area contributed by atoms with E-state index in [4.69, 9.17) is 4.74 Å². The standard InChI is InChI=1S/C51H63N2O5/c1-34(2)46(53-48(56)41-24-17-31-52-33-41)49(57)58-45-32-51(11,12)43(40(8)47(45)55)28-26-38(6)23-16-21-36(4)19-14-13-18-35(3)20-15-22-37(5)25-27-42-39(7)44(54)29-30-50(42,9)10/h13-29,31,33-34,45-46H,30,32H2,1-12H3,(H,53,56)/b14-13+,20-15+,21-16+,27-25+,28-26+,35-18+,36-19+,37-22+,38-23+/t45-,46-/m0/s1. The van der Waals surface area contributed by atoms with E-state index in [0.717, 1.165) is 45.4 Å². The third-order valence-electron chi connectivity index (χ3n) is 10.5. The lowest BCUT2D eigenvalue weighted by atomic mass is 9.71. The minimum atomic E-state index is -0.939. The van der Waals surface area contributed by atoms with Gasteiger partial charge in [-0.2, -0.15) is 0 Å². The van der Waals surface area contributed by atoms with E-state index < -0.39 is 29.4 Å². The highest BCUT2D eigenvalue weighted by Crippen LogP contribution is 2.41. The van der Waals surface area contributed by atoms with E-state index in [2.05, 4.69) is 74.5 Å². The molecule has 2 aliphatic rings. The van der Waals surface area contributed by atoms with Gasteiger partial charge in [0.05, 0.1) is 5.56 Å². The van der Waals surface area contributed by atoms with Crippen molar-refractivity contribution in [3.05, 3.63) is 166 Å². The van der Waals surface area contributed by atoms with Gasteiger partial charge in [0.2, 0.25) is 0 Å². The van der Waals surface area contributed by atoms with E-state index in [0.29, 0.717) is 17.6 Å². The number of aromatic nitrogens is 1. The topological polar surface area (TPSA) is 102 Å². The molecule has 0 saturated heterocycles. The van der Waals surface area contributed by atoms with Crippen LogP contribution in [0.3, 0.4) is 0 Å². The fraction of sp³-hybridized carbons (Fsp3) is 0.373. The molecule has 0 aliphatic heterocycles. The van der Waals surface area contributed by atoms with Crippen molar-refractivity contribution in [3.8, 4) is 0 Å². The Balaban J connectivity index is 1.57. The monoisotopic (exact) mass is 783 g/mol. The van der Waals surface area contributed by atoms with E-state index >= 15 is 0 Å². The lowest BCUT2D eigenvalue weighted by molar-refractivity contribution is -0.159. The van der Waals surface area contributed by atoms with Crippen LogP contribution in [0, 0.1) is 23.2 Å². The van der Waals surface area contributed by atoms with Gasteiger partial charge in [0.1, 0.15) is 6.04 Å². The number of ether oxygens (including phenoxy) is 1. The number of Topliss-reactive ketones (excluding diaryl/α,β-unsaturated/α-hetero) is 2. The molecular weight excluding hydrogens is 721 g/mol. The molecule has 1 heterocycles. The van der Waals surface area contributed by atoms with E-state index in [9.17, 15) is 19.2 Å². The van der Waals surface area contributed by atoms with Crippen LogP contribution in [0.2, 0.25) is 0 Å². The largest absolute Gasteiger partial charge is 0.452 e. The Bertz CT molecular complexity index is 2050. The van der Waals surface area contributed by atoms with E-state index in [-0.39, 0.29) is 22.9 Å². The lowest BCUT2D eigenvalue weighted by Gasteiger charge is -2.37. The molecule has 1 aromatic heterocycles. The summed E-state index contributed by atoms with van der Waals surface area (Å²) in [5.74, 6) is -1.41. The number of nitrogens with zero attached hydrogens (tertiary/aromatic N) is 1. The Morgan fingerprint density at radius 2 is 1.29 bits per heavy atom. The predicted octanol–water partition coefficient (Wildman–Crippen LogP) is 11.1. The minimum Gasteiger partial charge on any atom is -0.452 e.